The van der Waals surface area contributed by atoms with Gasteiger partial charge >= 0.3 is 0 Å². The van der Waals surface area contributed by atoms with Gasteiger partial charge in [-0.2, -0.15) is 0 Å². The molecule has 1 saturated heterocycles. The lowest BCUT2D eigenvalue weighted by molar-refractivity contribution is 0.208. The van der Waals surface area contributed by atoms with Crippen molar-refractivity contribution in [2.24, 2.45) is 11.8 Å². The SMILES string of the molecule is CC(C)(C)c1nc(NN)cc(N2CCCC(CO)C2)n1. The molecule has 0 bridgehead atoms. The Morgan fingerprint density at radius 2 is 2.20 bits per heavy atom. The summed E-state index contributed by atoms with van der Waals surface area (Å²) in [4.78, 5) is 11.3. The third-order valence-corrected chi connectivity index (χ3v) is 3.63. The maximum atomic E-state index is 9.35. The number of nitrogens with zero attached hydrogens (tertiary/aromatic N) is 3. The molecule has 0 aromatic carbocycles. The molecule has 112 valence electrons. The molecule has 4 N–H and O–H groups in total. The first-order valence-electron chi connectivity index (χ1n) is 7.16. The summed E-state index contributed by atoms with van der Waals surface area (Å²) in [6.07, 6.45) is 2.15. The molecule has 1 fully saturated rings. The third kappa shape index (κ3) is 3.37. The van der Waals surface area contributed by atoms with Crippen molar-refractivity contribution in [3.8, 4) is 0 Å². The average Bonchev–Trinajstić information content (AvgIpc) is 2.46. The van der Waals surface area contributed by atoms with Gasteiger partial charge < -0.3 is 15.4 Å². The zero-order valence-corrected chi connectivity index (χ0v) is 12.6. The van der Waals surface area contributed by atoms with Crippen molar-refractivity contribution >= 4 is 11.6 Å². The maximum Gasteiger partial charge on any atom is 0.145 e. The van der Waals surface area contributed by atoms with E-state index in [0.717, 1.165) is 37.6 Å². The van der Waals surface area contributed by atoms with Gasteiger partial charge in [0.1, 0.15) is 17.5 Å². The number of nitrogens with one attached hydrogen (secondary N) is 1. The van der Waals surface area contributed by atoms with E-state index in [-0.39, 0.29) is 12.0 Å². The predicted molar refractivity (Wildman–Crippen MR) is 80.6 cm³/mol. The van der Waals surface area contributed by atoms with Gasteiger partial charge in [0.05, 0.1) is 0 Å². The van der Waals surface area contributed by atoms with Crippen LogP contribution >= 0.6 is 0 Å². The van der Waals surface area contributed by atoms with Crippen LogP contribution in [0.5, 0.6) is 0 Å². The van der Waals surface area contributed by atoms with Crippen LogP contribution in [0.2, 0.25) is 0 Å². The van der Waals surface area contributed by atoms with E-state index in [0.29, 0.717) is 11.7 Å². The van der Waals surface area contributed by atoms with Crippen molar-refractivity contribution in [1.29, 1.82) is 0 Å². The van der Waals surface area contributed by atoms with Gasteiger partial charge in [-0.1, -0.05) is 20.8 Å². The van der Waals surface area contributed by atoms with Crippen LogP contribution < -0.4 is 16.2 Å². The van der Waals surface area contributed by atoms with E-state index < -0.39 is 0 Å². The molecular weight excluding hydrogens is 254 g/mol. The molecule has 0 spiro atoms. The number of aliphatic hydroxyl groups excluding tert-OH is 1. The molecule has 2 heterocycles. The first-order valence-corrected chi connectivity index (χ1v) is 7.16. The number of hydrogen-bond acceptors (Lipinski definition) is 6. The summed E-state index contributed by atoms with van der Waals surface area (Å²) in [5.74, 6) is 8.13. The van der Waals surface area contributed by atoms with E-state index >= 15 is 0 Å². The zero-order valence-electron chi connectivity index (χ0n) is 12.6. The van der Waals surface area contributed by atoms with E-state index in [4.69, 9.17) is 5.84 Å². The molecule has 1 aromatic rings. The van der Waals surface area contributed by atoms with Crippen molar-refractivity contribution in [2.75, 3.05) is 30.0 Å². The Balaban J connectivity index is 2.30. The second kappa shape index (κ2) is 5.93. The molecule has 1 aliphatic heterocycles. The van der Waals surface area contributed by atoms with E-state index in [9.17, 15) is 5.11 Å². The molecular formula is C14H25N5O. The Hall–Kier alpha value is -1.40. The lowest BCUT2D eigenvalue weighted by atomic mass is 9.95. The summed E-state index contributed by atoms with van der Waals surface area (Å²) in [6, 6.07) is 1.87. The number of aliphatic hydroxyl groups is 1. The highest BCUT2D eigenvalue weighted by Crippen LogP contribution is 2.26. The van der Waals surface area contributed by atoms with Crippen molar-refractivity contribution < 1.29 is 5.11 Å². The maximum absolute atomic E-state index is 9.35. The van der Waals surface area contributed by atoms with Crippen molar-refractivity contribution in [3.63, 3.8) is 0 Å². The highest BCUT2D eigenvalue weighted by atomic mass is 16.3. The van der Waals surface area contributed by atoms with E-state index in [1.807, 2.05) is 6.07 Å². The molecule has 0 amide bonds. The summed E-state index contributed by atoms with van der Waals surface area (Å²) >= 11 is 0. The molecule has 1 atom stereocenters. The van der Waals surface area contributed by atoms with Gasteiger partial charge in [-0.05, 0) is 18.8 Å². The quantitative estimate of drug-likeness (QED) is 0.570. The van der Waals surface area contributed by atoms with E-state index in [2.05, 4.69) is 41.1 Å². The molecule has 1 aliphatic rings. The minimum Gasteiger partial charge on any atom is -0.396 e. The number of hydrogen-bond donors (Lipinski definition) is 3. The van der Waals surface area contributed by atoms with Gasteiger partial charge in [-0.25, -0.2) is 15.8 Å². The van der Waals surface area contributed by atoms with Gasteiger partial charge in [-0.15, -0.1) is 0 Å². The molecule has 0 radical (unpaired) electrons. The number of piperidine rings is 1. The minimum atomic E-state index is -0.131. The fourth-order valence-corrected chi connectivity index (χ4v) is 2.43. The number of nitrogen functional groups attached to an aromatic ring is 1. The topological polar surface area (TPSA) is 87.3 Å². The van der Waals surface area contributed by atoms with E-state index in [1.165, 1.54) is 0 Å². The summed E-state index contributed by atoms with van der Waals surface area (Å²) < 4.78 is 0. The van der Waals surface area contributed by atoms with Crippen molar-refractivity contribution in [3.05, 3.63) is 11.9 Å². The van der Waals surface area contributed by atoms with Crippen LogP contribution in [-0.2, 0) is 5.41 Å². The Morgan fingerprint density at radius 3 is 2.80 bits per heavy atom. The van der Waals surface area contributed by atoms with Crippen LogP contribution in [0.25, 0.3) is 0 Å². The average molecular weight is 279 g/mol. The van der Waals surface area contributed by atoms with Gasteiger partial charge in [-0.3, -0.25) is 0 Å². The molecule has 20 heavy (non-hydrogen) atoms. The molecule has 6 nitrogen and oxygen atoms in total. The standard InChI is InChI=1S/C14H25N5O/c1-14(2,3)13-16-11(18-15)7-12(17-13)19-6-4-5-10(8-19)9-20/h7,10,20H,4-6,8-9,15H2,1-3H3,(H,16,17,18). The third-order valence-electron chi connectivity index (χ3n) is 3.63. The Bertz CT molecular complexity index is 457. The zero-order chi connectivity index (χ0) is 14.8. The molecule has 1 aromatic heterocycles. The Kier molecular flexibility index (Phi) is 4.45. The van der Waals surface area contributed by atoms with Crippen LogP contribution in [0.3, 0.4) is 0 Å². The molecule has 0 aliphatic carbocycles. The van der Waals surface area contributed by atoms with Crippen LogP contribution in [0.1, 0.15) is 39.4 Å². The van der Waals surface area contributed by atoms with Crippen LogP contribution in [0, 0.1) is 5.92 Å². The van der Waals surface area contributed by atoms with Crippen LogP contribution in [-0.4, -0.2) is 34.8 Å². The van der Waals surface area contributed by atoms with Gasteiger partial charge in [0.25, 0.3) is 0 Å². The van der Waals surface area contributed by atoms with Crippen molar-refractivity contribution in [1.82, 2.24) is 9.97 Å². The number of anilines is 2. The summed E-state index contributed by atoms with van der Waals surface area (Å²) in [7, 11) is 0. The Morgan fingerprint density at radius 1 is 1.45 bits per heavy atom. The van der Waals surface area contributed by atoms with E-state index in [1.54, 1.807) is 0 Å². The lowest BCUT2D eigenvalue weighted by Gasteiger charge is -2.33. The molecule has 2 rings (SSSR count). The monoisotopic (exact) mass is 279 g/mol. The second-order valence-electron chi connectivity index (χ2n) is 6.47. The number of aromatic nitrogens is 2. The number of rotatable bonds is 3. The van der Waals surface area contributed by atoms with Crippen LogP contribution in [0.4, 0.5) is 11.6 Å². The largest absolute Gasteiger partial charge is 0.396 e. The second-order valence-corrected chi connectivity index (χ2v) is 6.47. The number of hydrazine groups is 1. The highest BCUT2D eigenvalue weighted by Gasteiger charge is 2.24. The Labute approximate surface area is 120 Å². The molecule has 6 heteroatoms. The smallest absolute Gasteiger partial charge is 0.145 e. The van der Waals surface area contributed by atoms with Crippen molar-refractivity contribution in [2.45, 2.75) is 39.0 Å². The van der Waals surface area contributed by atoms with Gasteiger partial charge in [0.2, 0.25) is 0 Å². The van der Waals surface area contributed by atoms with Gasteiger partial charge in [0, 0.05) is 31.2 Å². The lowest BCUT2D eigenvalue weighted by Crippen LogP contribution is -2.38. The fourth-order valence-electron chi connectivity index (χ4n) is 2.43. The minimum absolute atomic E-state index is 0.131. The predicted octanol–water partition coefficient (Wildman–Crippen LogP) is 1.27. The van der Waals surface area contributed by atoms with Gasteiger partial charge in [0.15, 0.2) is 0 Å². The summed E-state index contributed by atoms with van der Waals surface area (Å²) in [5, 5.41) is 9.35. The fraction of sp³-hybridized carbons (Fsp3) is 0.714. The highest BCUT2D eigenvalue weighted by molar-refractivity contribution is 5.49. The van der Waals surface area contributed by atoms with Crippen LogP contribution in [0.15, 0.2) is 6.07 Å². The summed E-state index contributed by atoms with van der Waals surface area (Å²) in [5.41, 5.74) is 2.49. The summed E-state index contributed by atoms with van der Waals surface area (Å²) in [6.45, 7) is 8.27. The normalized spacial score (nSPS) is 20.1. The first-order chi connectivity index (χ1) is 9.44. The molecule has 1 unspecified atom stereocenters. The molecule has 0 saturated carbocycles. The number of nitrogens with two attached hydrogens (primary N) is 1. The first kappa shape index (κ1) is 15.0.